The van der Waals surface area contributed by atoms with Gasteiger partial charge in [0.05, 0.1) is 11.2 Å². The van der Waals surface area contributed by atoms with Crippen molar-refractivity contribution in [2.45, 2.75) is 38.9 Å². The van der Waals surface area contributed by atoms with Crippen molar-refractivity contribution in [3.05, 3.63) is 41.5 Å². The summed E-state index contributed by atoms with van der Waals surface area (Å²) in [5.74, 6) is 0. The van der Waals surface area contributed by atoms with Crippen LogP contribution in [0.4, 0.5) is 0 Å². The van der Waals surface area contributed by atoms with E-state index in [1.165, 1.54) is 5.39 Å². The lowest BCUT2D eigenvalue weighted by Crippen LogP contribution is -2.41. The average Bonchev–Trinajstić information content (AvgIpc) is 3.00. The molecule has 2 aromatic rings. The molecule has 0 spiro atoms. The second kappa shape index (κ2) is 5.82. The highest BCUT2D eigenvalue weighted by Gasteiger charge is 2.52. The zero-order valence-corrected chi connectivity index (χ0v) is 14.6. The lowest BCUT2D eigenvalue weighted by atomic mass is 9.77. The van der Waals surface area contributed by atoms with Crippen LogP contribution in [0.1, 0.15) is 33.3 Å². The first-order valence-electron chi connectivity index (χ1n) is 8.10. The number of aromatic nitrogens is 1. The zero-order valence-electron chi connectivity index (χ0n) is 14.6. The molecule has 0 atom stereocenters. The molecule has 1 aliphatic heterocycles. The highest BCUT2D eigenvalue weighted by Crippen LogP contribution is 2.38. The summed E-state index contributed by atoms with van der Waals surface area (Å²) >= 11 is 0. The summed E-state index contributed by atoms with van der Waals surface area (Å²) in [6, 6.07) is 8.47. The molecule has 1 aromatic heterocycles. The van der Waals surface area contributed by atoms with Gasteiger partial charge >= 0.3 is 7.12 Å². The molecule has 23 heavy (non-hydrogen) atoms. The Morgan fingerprint density at radius 2 is 1.87 bits per heavy atom. The standard InChI is InChI=1S/C18H25BN2O2/c1-17(2)18(3,4)23-19(22-17)15(12-20-5)10-13-6-7-14-8-9-21-16(14)11-13/h6-11,20-21H,12H2,1-5H3. The first-order chi connectivity index (χ1) is 10.8. The van der Waals surface area contributed by atoms with Crippen LogP contribution in [0.25, 0.3) is 17.0 Å². The molecule has 0 unspecified atom stereocenters. The fourth-order valence-electron chi connectivity index (χ4n) is 2.77. The smallest absolute Gasteiger partial charge is 0.400 e. The van der Waals surface area contributed by atoms with Gasteiger partial charge in [-0.1, -0.05) is 18.2 Å². The van der Waals surface area contributed by atoms with Gasteiger partial charge < -0.3 is 19.6 Å². The fourth-order valence-corrected chi connectivity index (χ4v) is 2.77. The van der Waals surface area contributed by atoms with Gasteiger partial charge in [-0.2, -0.15) is 0 Å². The largest absolute Gasteiger partial charge is 0.491 e. The SMILES string of the molecule is CNCC(=Cc1ccc2cc[nH]c2c1)B1OC(C)(C)C(C)(C)O1. The van der Waals surface area contributed by atoms with Crippen molar-refractivity contribution in [2.75, 3.05) is 13.6 Å². The second-order valence-corrected chi connectivity index (χ2v) is 7.16. The normalized spacial score (nSPS) is 20.4. The van der Waals surface area contributed by atoms with E-state index in [0.717, 1.165) is 23.1 Å². The molecule has 0 bridgehead atoms. The molecular formula is C18H25BN2O2. The Labute approximate surface area is 138 Å². The van der Waals surface area contributed by atoms with Crippen LogP contribution in [0, 0.1) is 0 Å². The van der Waals surface area contributed by atoms with Crippen molar-refractivity contribution in [3.8, 4) is 0 Å². The van der Waals surface area contributed by atoms with Crippen molar-refractivity contribution in [1.29, 1.82) is 0 Å². The minimum absolute atomic E-state index is 0.325. The molecule has 1 aromatic carbocycles. The molecule has 2 heterocycles. The van der Waals surface area contributed by atoms with Crippen LogP contribution in [-0.4, -0.2) is 36.9 Å². The third kappa shape index (κ3) is 3.09. The molecule has 2 N–H and O–H groups in total. The molecule has 4 nitrogen and oxygen atoms in total. The van der Waals surface area contributed by atoms with Crippen LogP contribution >= 0.6 is 0 Å². The lowest BCUT2D eigenvalue weighted by Gasteiger charge is -2.32. The predicted octanol–water partition coefficient (Wildman–Crippen LogP) is 3.40. The maximum absolute atomic E-state index is 6.19. The van der Waals surface area contributed by atoms with E-state index >= 15 is 0 Å². The van der Waals surface area contributed by atoms with E-state index in [2.05, 4.69) is 68.3 Å². The summed E-state index contributed by atoms with van der Waals surface area (Å²) in [6.07, 6.45) is 4.11. The number of hydrogen-bond donors (Lipinski definition) is 2. The van der Waals surface area contributed by atoms with Gasteiger partial charge in [-0.15, -0.1) is 0 Å². The number of fused-ring (bicyclic) bond motifs is 1. The van der Waals surface area contributed by atoms with Crippen molar-refractivity contribution in [2.24, 2.45) is 0 Å². The van der Waals surface area contributed by atoms with Crippen molar-refractivity contribution >= 4 is 24.1 Å². The summed E-state index contributed by atoms with van der Waals surface area (Å²) in [6.45, 7) is 9.04. The molecule has 0 saturated carbocycles. The summed E-state index contributed by atoms with van der Waals surface area (Å²) in [4.78, 5) is 3.25. The highest BCUT2D eigenvalue weighted by molar-refractivity contribution is 6.55. The van der Waals surface area contributed by atoms with Crippen molar-refractivity contribution in [1.82, 2.24) is 10.3 Å². The van der Waals surface area contributed by atoms with Gasteiger partial charge in [0.1, 0.15) is 0 Å². The molecule has 1 aliphatic rings. The third-order valence-corrected chi connectivity index (χ3v) is 4.87. The molecule has 1 fully saturated rings. The molecule has 0 aliphatic carbocycles. The monoisotopic (exact) mass is 312 g/mol. The number of likely N-dealkylation sites (N-methyl/N-ethyl adjacent to an activating group) is 1. The average molecular weight is 312 g/mol. The number of aromatic amines is 1. The molecule has 0 radical (unpaired) electrons. The second-order valence-electron chi connectivity index (χ2n) is 7.16. The molecule has 5 heteroatoms. The van der Waals surface area contributed by atoms with Crippen molar-refractivity contribution < 1.29 is 9.31 Å². The van der Waals surface area contributed by atoms with E-state index in [1.54, 1.807) is 0 Å². The Morgan fingerprint density at radius 3 is 2.52 bits per heavy atom. The Hall–Kier alpha value is -1.56. The van der Waals surface area contributed by atoms with Gasteiger partial charge in [0, 0.05) is 18.3 Å². The van der Waals surface area contributed by atoms with E-state index < -0.39 is 0 Å². The van der Waals surface area contributed by atoms with Gasteiger partial charge in [0.25, 0.3) is 0 Å². The predicted molar refractivity (Wildman–Crippen MR) is 96.3 cm³/mol. The summed E-state index contributed by atoms with van der Waals surface area (Å²) < 4.78 is 12.4. The number of nitrogens with one attached hydrogen (secondary N) is 2. The maximum Gasteiger partial charge on any atom is 0.491 e. The Balaban J connectivity index is 1.92. The zero-order chi connectivity index (χ0) is 16.7. The highest BCUT2D eigenvalue weighted by atomic mass is 16.7. The van der Waals surface area contributed by atoms with Crippen LogP contribution in [-0.2, 0) is 9.31 Å². The third-order valence-electron chi connectivity index (χ3n) is 4.87. The van der Waals surface area contributed by atoms with E-state index in [0.29, 0.717) is 0 Å². The minimum Gasteiger partial charge on any atom is -0.400 e. The van der Waals surface area contributed by atoms with E-state index in [1.807, 2.05) is 13.2 Å². The van der Waals surface area contributed by atoms with Gasteiger partial charge in [-0.25, -0.2) is 0 Å². The number of rotatable bonds is 4. The molecule has 122 valence electrons. The summed E-state index contributed by atoms with van der Waals surface area (Å²) in [5, 5.41) is 4.43. The molecule has 3 rings (SSSR count). The lowest BCUT2D eigenvalue weighted by molar-refractivity contribution is 0.00578. The summed E-state index contributed by atoms with van der Waals surface area (Å²) in [5.41, 5.74) is 2.72. The number of H-pyrrole nitrogens is 1. The van der Waals surface area contributed by atoms with Gasteiger partial charge in [0.2, 0.25) is 0 Å². The van der Waals surface area contributed by atoms with Crippen LogP contribution < -0.4 is 5.32 Å². The van der Waals surface area contributed by atoms with E-state index in [4.69, 9.17) is 9.31 Å². The van der Waals surface area contributed by atoms with Crippen LogP contribution in [0.3, 0.4) is 0 Å². The maximum atomic E-state index is 6.19. The van der Waals surface area contributed by atoms with Crippen molar-refractivity contribution in [3.63, 3.8) is 0 Å². The van der Waals surface area contributed by atoms with E-state index in [9.17, 15) is 0 Å². The van der Waals surface area contributed by atoms with Gasteiger partial charge in [-0.05, 0) is 63.3 Å². The first kappa shape index (κ1) is 16.3. The topological polar surface area (TPSA) is 46.3 Å². The van der Waals surface area contributed by atoms with E-state index in [-0.39, 0.29) is 18.3 Å². The summed E-state index contributed by atoms with van der Waals surface area (Å²) in [7, 11) is 1.61. The first-order valence-corrected chi connectivity index (χ1v) is 8.10. The quantitative estimate of drug-likeness (QED) is 0.851. The molecular weight excluding hydrogens is 287 g/mol. The number of benzene rings is 1. The van der Waals surface area contributed by atoms with Crippen LogP contribution in [0.15, 0.2) is 35.9 Å². The van der Waals surface area contributed by atoms with Crippen LogP contribution in [0.2, 0.25) is 0 Å². The Morgan fingerprint density at radius 1 is 1.17 bits per heavy atom. The minimum atomic E-state index is -0.327. The molecule has 0 amide bonds. The Bertz CT molecular complexity index is 717. The van der Waals surface area contributed by atoms with Gasteiger partial charge in [-0.3, -0.25) is 0 Å². The molecule has 1 saturated heterocycles. The van der Waals surface area contributed by atoms with Crippen LogP contribution in [0.5, 0.6) is 0 Å². The Kier molecular flexibility index (Phi) is 4.13. The number of hydrogen-bond acceptors (Lipinski definition) is 3. The van der Waals surface area contributed by atoms with Gasteiger partial charge in [0.15, 0.2) is 0 Å². The fraction of sp³-hybridized carbons (Fsp3) is 0.444.